The number of carbonyl (C=O) groups excluding carboxylic acids is 2. The summed E-state index contributed by atoms with van der Waals surface area (Å²) in [5.41, 5.74) is 1.65. The molecule has 1 aromatic heterocycles. The predicted octanol–water partition coefficient (Wildman–Crippen LogP) is 2.87. The normalized spacial score (nSPS) is 14.4. The average molecular weight is 383 g/mol. The molecule has 0 aliphatic carbocycles. The number of pyridine rings is 1. The van der Waals surface area contributed by atoms with Gasteiger partial charge >= 0.3 is 0 Å². The lowest BCUT2D eigenvalue weighted by Crippen LogP contribution is -2.40. The predicted molar refractivity (Wildman–Crippen MR) is 105 cm³/mol. The number of ether oxygens (including phenoxy) is 2. The Bertz CT molecular complexity index is 818. The van der Waals surface area contributed by atoms with Crippen molar-refractivity contribution in [2.75, 3.05) is 25.5 Å². The second kappa shape index (κ2) is 9.21. The topological polar surface area (TPSA) is 80.8 Å². The van der Waals surface area contributed by atoms with Crippen LogP contribution in [0.5, 0.6) is 11.5 Å². The number of likely N-dealkylation sites (tertiary alicyclic amines) is 1. The van der Waals surface area contributed by atoms with Gasteiger partial charge in [0.1, 0.15) is 6.61 Å². The smallest absolute Gasteiger partial charge is 0.227 e. The van der Waals surface area contributed by atoms with E-state index in [4.69, 9.17) is 9.47 Å². The van der Waals surface area contributed by atoms with E-state index in [1.54, 1.807) is 49.5 Å². The molecule has 0 radical (unpaired) electrons. The molecule has 1 saturated heterocycles. The zero-order valence-corrected chi connectivity index (χ0v) is 16.2. The molecule has 28 heavy (non-hydrogen) atoms. The Morgan fingerprint density at radius 2 is 1.86 bits per heavy atom. The standard InChI is InChI=1S/C21H25N3O4/c1-15(25)24-11-7-17(8-12-24)21(26)23-18-3-4-19(27-2)20(13-18)28-14-16-5-9-22-10-6-16/h3-6,9-10,13,17H,7-8,11-12,14H2,1-2H3,(H,23,26). The van der Waals surface area contributed by atoms with Gasteiger partial charge in [-0.25, -0.2) is 0 Å². The molecule has 7 nitrogen and oxygen atoms in total. The molecule has 1 N–H and O–H groups in total. The Morgan fingerprint density at radius 3 is 2.50 bits per heavy atom. The molecule has 0 spiro atoms. The molecular formula is C21H25N3O4. The third kappa shape index (κ3) is 5.00. The maximum absolute atomic E-state index is 12.6. The zero-order valence-electron chi connectivity index (χ0n) is 16.2. The van der Waals surface area contributed by atoms with Crippen molar-refractivity contribution in [3.8, 4) is 11.5 Å². The molecule has 0 saturated carbocycles. The van der Waals surface area contributed by atoms with Crippen molar-refractivity contribution < 1.29 is 19.1 Å². The summed E-state index contributed by atoms with van der Waals surface area (Å²) in [6.45, 7) is 3.18. The molecule has 148 valence electrons. The number of nitrogens with one attached hydrogen (secondary N) is 1. The Labute approximate surface area is 164 Å². The van der Waals surface area contributed by atoms with Gasteiger partial charge in [0.2, 0.25) is 11.8 Å². The number of aromatic nitrogens is 1. The van der Waals surface area contributed by atoms with Crippen LogP contribution in [0.1, 0.15) is 25.3 Å². The molecule has 2 amide bonds. The first-order chi connectivity index (χ1) is 13.6. The summed E-state index contributed by atoms with van der Waals surface area (Å²) in [6, 6.07) is 9.09. The highest BCUT2D eigenvalue weighted by molar-refractivity contribution is 5.93. The van der Waals surface area contributed by atoms with Gasteiger partial charge in [0.15, 0.2) is 11.5 Å². The van der Waals surface area contributed by atoms with Crippen LogP contribution in [0.15, 0.2) is 42.7 Å². The van der Waals surface area contributed by atoms with E-state index in [9.17, 15) is 9.59 Å². The summed E-state index contributed by atoms with van der Waals surface area (Å²) >= 11 is 0. The van der Waals surface area contributed by atoms with Gasteiger partial charge in [0.05, 0.1) is 7.11 Å². The first-order valence-corrected chi connectivity index (χ1v) is 9.33. The number of hydrogen-bond donors (Lipinski definition) is 1. The second-order valence-electron chi connectivity index (χ2n) is 6.78. The lowest BCUT2D eigenvalue weighted by atomic mass is 9.96. The minimum absolute atomic E-state index is 0.0338. The van der Waals surface area contributed by atoms with E-state index in [0.717, 1.165) is 5.56 Å². The maximum Gasteiger partial charge on any atom is 0.227 e. The van der Waals surface area contributed by atoms with Crippen molar-refractivity contribution in [2.24, 2.45) is 5.92 Å². The molecule has 0 bridgehead atoms. The highest BCUT2D eigenvalue weighted by atomic mass is 16.5. The molecule has 1 aliphatic rings. The second-order valence-corrected chi connectivity index (χ2v) is 6.78. The average Bonchev–Trinajstić information content (AvgIpc) is 2.73. The number of hydrogen-bond acceptors (Lipinski definition) is 5. The fourth-order valence-electron chi connectivity index (χ4n) is 3.21. The molecule has 2 aromatic rings. The van der Waals surface area contributed by atoms with Crippen molar-refractivity contribution in [3.63, 3.8) is 0 Å². The first-order valence-electron chi connectivity index (χ1n) is 9.33. The Morgan fingerprint density at radius 1 is 1.14 bits per heavy atom. The molecule has 0 unspecified atom stereocenters. The van der Waals surface area contributed by atoms with Gasteiger partial charge in [-0.1, -0.05) is 0 Å². The largest absolute Gasteiger partial charge is 0.493 e. The number of rotatable bonds is 6. The van der Waals surface area contributed by atoms with Crippen molar-refractivity contribution in [2.45, 2.75) is 26.4 Å². The number of benzene rings is 1. The van der Waals surface area contributed by atoms with Gasteiger partial charge in [-0.2, -0.15) is 0 Å². The van der Waals surface area contributed by atoms with E-state index in [1.165, 1.54) is 0 Å². The fourth-order valence-corrected chi connectivity index (χ4v) is 3.21. The molecule has 1 fully saturated rings. The lowest BCUT2D eigenvalue weighted by molar-refractivity contribution is -0.132. The fraction of sp³-hybridized carbons (Fsp3) is 0.381. The van der Waals surface area contributed by atoms with Gasteiger partial charge in [0, 0.05) is 50.1 Å². The van der Waals surface area contributed by atoms with E-state index >= 15 is 0 Å². The Kier molecular flexibility index (Phi) is 6.47. The molecule has 0 atom stereocenters. The Balaban J connectivity index is 1.62. The van der Waals surface area contributed by atoms with Gasteiger partial charge < -0.3 is 19.7 Å². The van der Waals surface area contributed by atoms with Crippen LogP contribution >= 0.6 is 0 Å². The molecule has 1 aliphatic heterocycles. The highest BCUT2D eigenvalue weighted by Crippen LogP contribution is 2.31. The van der Waals surface area contributed by atoms with Gasteiger partial charge in [-0.05, 0) is 42.7 Å². The van der Waals surface area contributed by atoms with Crippen LogP contribution in [0.3, 0.4) is 0 Å². The number of methoxy groups -OCH3 is 1. The van der Waals surface area contributed by atoms with E-state index in [2.05, 4.69) is 10.3 Å². The summed E-state index contributed by atoms with van der Waals surface area (Å²) in [6.07, 6.45) is 4.77. The summed E-state index contributed by atoms with van der Waals surface area (Å²) in [7, 11) is 1.58. The minimum atomic E-state index is -0.0983. The molecule has 3 rings (SSSR count). The zero-order chi connectivity index (χ0) is 19.9. The van der Waals surface area contributed by atoms with E-state index in [0.29, 0.717) is 49.7 Å². The Hall–Kier alpha value is -3.09. The third-order valence-electron chi connectivity index (χ3n) is 4.89. The van der Waals surface area contributed by atoms with Crippen LogP contribution in [0.25, 0.3) is 0 Å². The van der Waals surface area contributed by atoms with Crippen LogP contribution in [0.4, 0.5) is 5.69 Å². The van der Waals surface area contributed by atoms with Crippen molar-refractivity contribution in [3.05, 3.63) is 48.3 Å². The van der Waals surface area contributed by atoms with Crippen molar-refractivity contribution >= 4 is 17.5 Å². The molecule has 7 heteroatoms. The summed E-state index contributed by atoms with van der Waals surface area (Å²) in [4.78, 5) is 29.8. The summed E-state index contributed by atoms with van der Waals surface area (Å²) in [5, 5.41) is 2.96. The first kappa shape index (κ1) is 19.7. The van der Waals surface area contributed by atoms with Crippen LogP contribution in [0, 0.1) is 5.92 Å². The minimum Gasteiger partial charge on any atom is -0.493 e. The molecule has 1 aromatic carbocycles. The maximum atomic E-state index is 12.6. The van der Waals surface area contributed by atoms with Crippen molar-refractivity contribution in [1.29, 1.82) is 0 Å². The van der Waals surface area contributed by atoms with Gasteiger partial charge in [-0.3, -0.25) is 14.6 Å². The van der Waals surface area contributed by atoms with Crippen LogP contribution in [-0.4, -0.2) is 41.9 Å². The van der Waals surface area contributed by atoms with E-state index < -0.39 is 0 Å². The van der Waals surface area contributed by atoms with E-state index in [-0.39, 0.29) is 17.7 Å². The molecular weight excluding hydrogens is 358 g/mol. The van der Waals surface area contributed by atoms with Gasteiger partial charge in [0.25, 0.3) is 0 Å². The quantitative estimate of drug-likeness (QED) is 0.830. The number of amides is 2. The summed E-state index contributed by atoms with van der Waals surface area (Å²) in [5.74, 6) is 1.09. The van der Waals surface area contributed by atoms with Crippen LogP contribution in [0.2, 0.25) is 0 Å². The van der Waals surface area contributed by atoms with E-state index in [1.807, 2.05) is 12.1 Å². The molecule has 2 heterocycles. The summed E-state index contributed by atoms with van der Waals surface area (Å²) < 4.78 is 11.2. The van der Waals surface area contributed by atoms with Crippen LogP contribution < -0.4 is 14.8 Å². The SMILES string of the molecule is COc1ccc(NC(=O)C2CCN(C(C)=O)CC2)cc1OCc1ccncc1. The monoisotopic (exact) mass is 383 g/mol. The van der Waals surface area contributed by atoms with Crippen molar-refractivity contribution in [1.82, 2.24) is 9.88 Å². The van der Waals surface area contributed by atoms with Gasteiger partial charge in [-0.15, -0.1) is 0 Å². The number of nitrogens with zero attached hydrogens (tertiary/aromatic N) is 2. The number of anilines is 1. The third-order valence-corrected chi connectivity index (χ3v) is 4.89. The highest BCUT2D eigenvalue weighted by Gasteiger charge is 2.26. The lowest BCUT2D eigenvalue weighted by Gasteiger charge is -2.30. The number of carbonyl (C=O) groups is 2. The van der Waals surface area contributed by atoms with Crippen LogP contribution in [-0.2, 0) is 16.2 Å². The number of piperidine rings is 1.